The van der Waals surface area contributed by atoms with Crippen LogP contribution in [-0.2, 0) is 20.2 Å². The lowest BCUT2D eigenvalue weighted by Gasteiger charge is -2.40. The summed E-state index contributed by atoms with van der Waals surface area (Å²) in [5.41, 5.74) is -11.0. The van der Waals surface area contributed by atoms with Crippen LogP contribution in [0.1, 0.15) is 24.5 Å². The molecule has 0 saturated heterocycles. The number of halogens is 6. The Kier molecular flexibility index (Phi) is 5.00. The second kappa shape index (κ2) is 6.67. The lowest BCUT2D eigenvalue weighted by atomic mass is 10.0. The second-order valence-corrected chi connectivity index (χ2v) is 10.5. The van der Waals surface area contributed by atoms with Crippen LogP contribution in [0, 0.1) is 0 Å². The fraction of sp³-hybridized carbons (Fsp3) is 0.294. The Bertz CT molecular complexity index is 1000. The highest BCUT2D eigenvalue weighted by molar-refractivity contribution is 8.37. The summed E-state index contributed by atoms with van der Waals surface area (Å²) in [5.74, 6) is 0. The molecule has 1 unspecified atom stereocenters. The van der Waals surface area contributed by atoms with E-state index in [2.05, 4.69) is 3.63 Å². The van der Waals surface area contributed by atoms with Gasteiger partial charge in [-0.15, -0.1) is 0 Å². The standard InChI is InChI=1S/C17H14F6O3S2/c1-2-4-11-7-8-13-10-15(12-5-3-6-12)27(14(13)9-11,16(18,19)20)26-28(24,25)17(21,22)23/h3,5-10H,2,4H2,1H3. The maximum atomic E-state index is 14.3. The molecule has 2 aliphatic rings. The number of allylic oxidation sites excluding steroid dienone is 4. The van der Waals surface area contributed by atoms with Gasteiger partial charge >= 0.3 is 21.1 Å². The fourth-order valence-electron chi connectivity index (χ4n) is 2.87. The van der Waals surface area contributed by atoms with Crippen molar-refractivity contribution in [1.82, 2.24) is 0 Å². The SMILES string of the molecule is CCCc1ccc2c(c1)S(OS(=O)(=O)C(F)(F)F)(C(F)(F)F)C(C1=CC=C1)=C2. The number of hydrogen-bond donors (Lipinski definition) is 0. The molecule has 0 N–H and O–H groups in total. The Morgan fingerprint density at radius 1 is 1.11 bits per heavy atom. The van der Waals surface area contributed by atoms with Gasteiger partial charge in [-0.05, 0) is 35.3 Å². The van der Waals surface area contributed by atoms with Gasteiger partial charge in [0.15, 0.2) is 0 Å². The van der Waals surface area contributed by atoms with Crippen LogP contribution in [0.15, 0.2) is 51.8 Å². The number of aryl methyl sites for hydroxylation is 1. The van der Waals surface area contributed by atoms with Crippen molar-refractivity contribution in [3.8, 4) is 0 Å². The van der Waals surface area contributed by atoms with E-state index in [1.807, 2.05) is 0 Å². The van der Waals surface area contributed by atoms with E-state index in [1.54, 1.807) is 13.0 Å². The Balaban J connectivity index is 2.29. The molecule has 1 aliphatic heterocycles. The van der Waals surface area contributed by atoms with Crippen molar-refractivity contribution in [2.45, 2.75) is 35.7 Å². The molecule has 1 aromatic rings. The van der Waals surface area contributed by atoms with E-state index < -0.39 is 41.2 Å². The van der Waals surface area contributed by atoms with Crippen LogP contribution in [0.2, 0.25) is 0 Å². The van der Waals surface area contributed by atoms with E-state index in [1.165, 1.54) is 24.3 Å². The molecule has 3 nitrogen and oxygen atoms in total. The molecule has 0 radical (unpaired) electrons. The highest BCUT2D eigenvalue weighted by atomic mass is 32.3. The quantitative estimate of drug-likeness (QED) is 0.416. The van der Waals surface area contributed by atoms with E-state index in [0.29, 0.717) is 18.4 Å². The minimum atomic E-state index is -6.52. The smallest absolute Gasteiger partial charge is 0.196 e. The van der Waals surface area contributed by atoms with Crippen molar-refractivity contribution < 1.29 is 38.4 Å². The zero-order chi connectivity index (χ0) is 21.0. The summed E-state index contributed by atoms with van der Waals surface area (Å²) in [6, 6.07) is 4.00. The first-order chi connectivity index (χ1) is 12.8. The van der Waals surface area contributed by atoms with Crippen molar-refractivity contribution in [3.05, 3.63) is 58.0 Å². The first-order valence-corrected chi connectivity index (χ1v) is 11.0. The highest BCUT2D eigenvalue weighted by Crippen LogP contribution is 2.79. The van der Waals surface area contributed by atoms with E-state index in [9.17, 15) is 34.8 Å². The average molecular weight is 444 g/mol. The molecule has 0 bridgehead atoms. The molecule has 0 spiro atoms. The molecule has 0 saturated carbocycles. The van der Waals surface area contributed by atoms with Gasteiger partial charge in [0.1, 0.15) is 0 Å². The van der Waals surface area contributed by atoms with Gasteiger partial charge in [0.05, 0.1) is 0 Å². The van der Waals surface area contributed by atoms with Crippen LogP contribution in [0.3, 0.4) is 0 Å². The van der Waals surface area contributed by atoms with Gasteiger partial charge in [-0.2, -0.15) is 38.4 Å². The number of rotatable bonds is 5. The van der Waals surface area contributed by atoms with Crippen molar-refractivity contribution in [1.29, 1.82) is 0 Å². The molecule has 11 heteroatoms. The fourth-order valence-corrected chi connectivity index (χ4v) is 7.43. The predicted octanol–water partition coefficient (Wildman–Crippen LogP) is 5.95. The van der Waals surface area contributed by atoms with Gasteiger partial charge in [0.25, 0.3) is 0 Å². The van der Waals surface area contributed by atoms with Gasteiger partial charge in [-0.25, -0.2) is 0 Å². The lowest BCUT2D eigenvalue weighted by molar-refractivity contribution is -0.0545. The number of alkyl halides is 6. The third kappa shape index (κ3) is 3.18. The van der Waals surface area contributed by atoms with Gasteiger partial charge in [0.2, 0.25) is 0 Å². The highest BCUT2D eigenvalue weighted by Gasteiger charge is 2.64. The Hall–Kier alpha value is -1.72. The summed E-state index contributed by atoms with van der Waals surface area (Å²) in [4.78, 5) is -1.20. The van der Waals surface area contributed by atoms with Crippen molar-refractivity contribution >= 4 is 26.5 Å². The molecule has 154 valence electrons. The van der Waals surface area contributed by atoms with Crippen LogP contribution >= 0.6 is 10.3 Å². The summed E-state index contributed by atoms with van der Waals surface area (Å²) in [5, 5.41) is 0. The zero-order valence-corrected chi connectivity index (χ0v) is 15.9. The Morgan fingerprint density at radius 3 is 2.21 bits per heavy atom. The van der Waals surface area contributed by atoms with Gasteiger partial charge in [0, 0.05) is 20.1 Å². The lowest BCUT2D eigenvalue weighted by Crippen LogP contribution is -2.32. The molecule has 1 heterocycles. The van der Waals surface area contributed by atoms with Crippen LogP contribution in [0.5, 0.6) is 0 Å². The summed E-state index contributed by atoms with van der Waals surface area (Å²) in [6.45, 7) is 1.79. The summed E-state index contributed by atoms with van der Waals surface area (Å²) in [6.07, 6.45) is 5.95. The van der Waals surface area contributed by atoms with Gasteiger partial charge < -0.3 is 0 Å². The van der Waals surface area contributed by atoms with Crippen LogP contribution in [0.25, 0.3) is 6.08 Å². The topological polar surface area (TPSA) is 43.4 Å². The van der Waals surface area contributed by atoms with Gasteiger partial charge in [-0.1, -0.05) is 43.7 Å². The molecule has 0 amide bonds. The molecule has 1 aromatic carbocycles. The first-order valence-electron chi connectivity index (χ1n) is 7.99. The molecule has 3 rings (SSSR count). The predicted molar refractivity (Wildman–Crippen MR) is 93.6 cm³/mol. The number of fused-ring (bicyclic) bond motifs is 1. The molecule has 1 atom stereocenters. The minimum Gasteiger partial charge on any atom is -0.196 e. The van der Waals surface area contributed by atoms with E-state index >= 15 is 0 Å². The van der Waals surface area contributed by atoms with Crippen LogP contribution in [0.4, 0.5) is 26.3 Å². The maximum absolute atomic E-state index is 14.3. The minimum absolute atomic E-state index is 0.0132. The van der Waals surface area contributed by atoms with Crippen molar-refractivity contribution in [2.24, 2.45) is 0 Å². The third-order valence-corrected chi connectivity index (χ3v) is 8.86. The third-order valence-electron chi connectivity index (χ3n) is 4.16. The molecule has 28 heavy (non-hydrogen) atoms. The van der Waals surface area contributed by atoms with Gasteiger partial charge in [-0.3, -0.25) is 0 Å². The number of hydrogen-bond acceptors (Lipinski definition) is 3. The van der Waals surface area contributed by atoms with Crippen LogP contribution in [-0.4, -0.2) is 19.4 Å². The Morgan fingerprint density at radius 2 is 1.75 bits per heavy atom. The summed E-state index contributed by atoms with van der Waals surface area (Å²) in [7, 11) is -11.5. The summed E-state index contributed by atoms with van der Waals surface area (Å²) < 4.78 is 109. The maximum Gasteiger partial charge on any atom is 0.523 e. The van der Waals surface area contributed by atoms with Crippen LogP contribution < -0.4 is 0 Å². The normalized spacial score (nSPS) is 24.1. The molecule has 0 aromatic heterocycles. The number of benzene rings is 1. The molecule has 1 aliphatic carbocycles. The van der Waals surface area contributed by atoms with Crippen molar-refractivity contribution in [3.63, 3.8) is 0 Å². The first kappa shape index (κ1) is 21.0. The largest absolute Gasteiger partial charge is 0.523 e. The summed E-state index contributed by atoms with van der Waals surface area (Å²) >= 11 is 0. The van der Waals surface area contributed by atoms with E-state index in [0.717, 1.165) is 12.1 Å². The average Bonchev–Trinajstić information content (AvgIpc) is 2.79. The molecular formula is C17H14F6O3S2. The molecular weight excluding hydrogens is 430 g/mol. The second-order valence-electron chi connectivity index (χ2n) is 6.08. The Labute approximate surface area is 159 Å². The zero-order valence-electron chi connectivity index (χ0n) is 14.3. The van der Waals surface area contributed by atoms with E-state index in [4.69, 9.17) is 0 Å². The van der Waals surface area contributed by atoms with Crippen molar-refractivity contribution in [2.75, 3.05) is 0 Å². The monoisotopic (exact) mass is 444 g/mol. The molecule has 0 fully saturated rings. The van der Waals surface area contributed by atoms with E-state index in [-0.39, 0.29) is 11.1 Å².